The molecule has 0 spiro atoms. The zero-order valence-electron chi connectivity index (χ0n) is 20.7. The van der Waals surface area contributed by atoms with Crippen LogP contribution in [-0.4, -0.2) is 48.1 Å². The summed E-state index contributed by atoms with van der Waals surface area (Å²) in [5, 5.41) is 11.4. The number of aliphatic hydroxyl groups is 1. The van der Waals surface area contributed by atoms with Crippen LogP contribution in [0.3, 0.4) is 0 Å². The molecule has 1 amide bonds. The predicted molar refractivity (Wildman–Crippen MR) is 139 cm³/mol. The minimum atomic E-state index is -0.762. The van der Waals surface area contributed by atoms with E-state index in [1.165, 1.54) is 4.90 Å². The highest BCUT2D eigenvalue weighted by atomic mass is 16.6. The van der Waals surface area contributed by atoms with Gasteiger partial charge in [0, 0.05) is 12.1 Å². The van der Waals surface area contributed by atoms with E-state index in [0.717, 1.165) is 12.0 Å². The number of carbonyl (C=O) groups is 2. The van der Waals surface area contributed by atoms with Crippen molar-refractivity contribution < 1.29 is 28.9 Å². The van der Waals surface area contributed by atoms with Gasteiger partial charge in [-0.15, -0.1) is 0 Å². The molecule has 2 aliphatic heterocycles. The maximum Gasteiger partial charge on any atom is 0.295 e. The first kappa shape index (κ1) is 24.4. The number of fused-ring (bicyclic) bond motifs is 1. The molecule has 0 bridgehead atoms. The molecule has 0 saturated carbocycles. The fourth-order valence-corrected chi connectivity index (χ4v) is 4.69. The first-order valence-electron chi connectivity index (χ1n) is 12.5. The summed E-state index contributed by atoms with van der Waals surface area (Å²) in [5.74, 6) is 0.100. The van der Waals surface area contributed by atoms with E-state index in [0.29, 0.717) is 61.2 Å². The van der Waals surface area contributed by atoms with Gasteiger partial charge in [-0.05, 0) is 54.3 Å². The van der Waals surface area contributed by atoms with E-state index < -0.39 is 17.7 Å². The maximum atomic E-state index is 13.4. The molecular formula is C30H29NO6. The Hall–Kier alpha value is -4.26. The van der Waals surface area contributed by atoms with E-state index in [9.17, 15) is 14.7 Å². The predicted octanol–water partition coefficient (Wildman–Crippen LogP) is 4.91. The van der Waals surface area contributed by atoms with Crippen molar-refractivity contribution in [2.45, 2.75) is 25.8 Å². The highest BCUT2D eigenvalue weighted by Gasteiger charge is 2.46. The molecule has 3 aromatic carbocycles. The number of likely N-dealkylation sites (tertiary alicyclic amines) is 1. The van der Waals surface area contributed by atoms with Gasteiger partial charge < -0.3 is 24.2 Å². The van der Waals surface area contributed by atoms with E-state index in [4.69, 9.17) is 14.2 Å². The lowest BCUT2D eigenvalue weighted by Crippen LogP contribution is -2.31. The number of carbonyl (C=O) groups excluding carboxylic acids is 2. The molecule has 1 atom stereocenters. The van der Waals surface area contributed by atoms with Crippen molar-refractivity contribution >= 4 is 17.4 Å². The number of hydrogen-bond acceptors (Lipinski definition) is 6. The van der Waals surface area contributed by atoms with Gasteiger partial charge in [-0.1, -0.05) is 49.4 Å². The molecular weight excluding hydrogens is 470 g/mol. The van der Waals surface area contributed by atoms with Crippen LogP contribution >= 0.6 is 0 Å². The maximum absolute atomic E-state index is 13.4. The molecule has 2 heterocycles. The number of hydrogen-bond donors (Lipinski definition) is 1. The molecule has 7 nitrogen and oxygen atoms in total. The molecule has 3 aromatic rings. The third kappa shape index (κ3) is 5.03. The third-order valence-corrected chi connectivity index (χ3v) is 6.49. The van der Waals surface area contributed by atoms with Gasteiger partial charge in [0.1, 0.15) is 24.7 Å². The Balaban J connectivity index is 1.57. The van der Waals surface area contributed by atoms with Crippen molar-refractivity contribution in [1.29, 1.82) is 0 Å². The fraction of sp³-hybridized carbons (Fsp3) is 0.267. The van der Waals surface area contributed by atoms with E-state index >= 15 is 0 Å². The van der Waals surface area contributed by atoms with Gasteiger partial charge in [-0.25, -0.2) is 0 Å². The molecule has 37 heavy (non-hydrogen) atoms. The zero-order chi connectivity index (χ0) is 25.8. The van der Waals surface area contributed by atoms with Gasteiger partial charge in [-0.2, -0.15) is 0 Å². The lowest BCUT2D eigenvalue weighted by atomic mass is 9.95. The second-order valence-electron chi connectivity index (χ2n) is 9.01. The van der Waals surface area contributed by atoms with Crippen LogP contribution in [0.5, 0.6) is 17.2 Å². The van der Waals surface area contributed by atoms with Gasteiger partial charge in [0.05, 0.1) is 18.2 Å². The van der Waals surface area contributed by atoms with Crippen LogP contribution in [-0.2, 0) is 16.0 Å². The fourth-order valence-electron chi connectivity index (χ4n) is 4.69. The van der Waals surface area contributed by atoms with Crippen LogP contribution in [0, 0.1) is 0 Å². The van der Waals surface area contributed by atoms with Gasteiger partial charge in [0.25, 0.3) is 11.7 Å². The highest BCUT2D eigenvalue weighted by molar-refractivity contribution is 6.46. The number of ether oxygens (including phenoxy) is 3. The second kappa shape index (κ2) is 10.8. The number of rotatable bonds is 8. The zero-order valence-corrected chi connectivity index (χ0v) is 20.7. The number of nitrogens with zero attached hydrogens (tertiary/aromatic N) is 1. The standard InChI is InChI=1S/C30H29NO6/c1-2-15-35-23-10-6-9-21(18-23)27-26(28(32)22-11-12-24-25(19-22)37-17-16-36-24)29(33)30(34)31(27)14-13-20-7-4-3-5-8-20/h3-12,18-19,27,32H,2,13-17H2,1H3/t27-/m0/s1. The first-order chi connectivity index (χ1) is 18.1. The summed E-state index contributed by atoms with van der Waals surface area (Å²) < 4.78 is 17.1. The average molecular weight is 500 g/mol. The van der Waals surface area contributed by atoms with Crippen molar-refractivity contribution in [2.75, 3.05) is 26.4 Å². The number of benzene rings is 3. The second-order valence-corrected chi connectivity index (χ2v) is 9.01. The van der Waals surface area contributed by atoms with Crippen molar-refractivity contribution in [1.82, 2.24) is 4.90 Å². The number of Topliss-reactive ketones (excluding diaryl/α,β-unsaturated/α-hetero) is 1. The van der Waals surface area contributed by atoms with Crippen LogP contribution in [0.4, 0.5) is 0 Å². The lowest BCUT2D eigenvalue weighted by Gasteiger charge is -2.26. The largest absolute Gasteiger partial charge is 0.507 e. The SMILES string of the molecule is CCCOc1cccc([C@H]2C(=C(O)c3ccc4c(c3)OCCO4)C(=O)C(=O)N2CCc2ccccc2)c1. The highest BCUT2D eigenvalue weighted by Crippen LogP contribution is 2.41. The van der Waals surface area contributed by atoms with Crippen molar-refractivity contribution in [3.8, 4) is 17.2 Å². The van der Waals surface area contributed by atoms with Gasteiger partial charge in [0.2, 0.25) is 0 Å². The molecule has 7 heteroatoms. The van der Waals surface area contributed by atoms with Crippen LogP contribution in [0.1, 0.15) is 36.1 Å². The van der Waals surface area contributed by atoms with Crippen molar-refractivity contribution in [2.24, 2.45) is 0 Å². The quantitative estimate of drug-likeness (QED) is 0.269. The summed E-state index contributed by atoms with van der Waals surface area (Å²) in [5.41, 5.74) is 2.17. The normalized spacial score (nSPS) is 18.2. The molecule has 1 fully saturated rings. The van der Waals surface area contributed by atoms with Crippen LogP contribution < -0.4 is 14.2 Å². The molecule has 0 radical (unpaired) electrons. The van der Waals surface area contributed by atoms with E-state index in [1.54, 1.807) is 18.2 Å². The van der Waals surface area contributed by atoms with Crippen molar-refractivity contribution in [3.63, 3.8) is 0 Å². The van der Waals surface area contributed by atoms with Gasteiger partial charge in [-0.3, -0.25) is 9.59 Å². The molecule has 5 rings (SSSR count). The summed E-state index contributed by atoms with van der Waals surface area (Å²) in [6.07, 6.45) is 1.42. The van der Waals surface area contributed by atoms with Gasteiger partial charge in [0.15, 0.2) is 11.5 Å². The summed E-state index contributed by atoms with van der Waals surface area (Å²) in [4.78, 5) is 28.2. The molecule has 0 aliphatic carbocycles. The Morgan fingerprint density at radius 2 is 1.76 bits per heavy atom. The Bertz CT molecular complexity index is 1330. The summed E-state index contributed by atoms with van der Waals surface area (Å²) in [6, 6.07) is 21.4. The molecule has 190 valence electrons. The molecule has 2 aliphatic rings. The number of amides is 1. The number of aliphatic hydroxyl groups excluding tert-OH is 1. The van der Waals surface area contributed by atoms with E-state index in [1.807, 2.05) is 61.5 Å². The summed E-state index contributed by atoms with van der Waals surface area (Å²) in [7, 11) is 0. The average Bonchev–Trinajstić information content (AvgIpc) is 3.20. The Morgan fingerprint density at radius 3 is 2.54 bits per heavy atom. The van der Waals surface area contributed by atoms with Crippen LogP contribution in [0.25, 0.3) is 5.76 Å². The topological polar surface area (TPSA) is 85.3 Å². The van der Waals surface area contributed by atoms with Crippen LogP contribution in [0.2, 0.25) is 0 Å². The minimum Gasteiger partial charge on any atom is -0.507 e. The van der Waals surface area contributed by atoms with Crippen molar-refractivity contribution in [3.05, 3.63) is 95.1 Å². The smallest absolute Gasteiger partial charge is 0.295 e. The first-order valence-corrected chi connectivity index (χ1v) is 12.5. The Morgan fingerprint density at radius 1 is 0.973 bits per heavy atom. The minimum absolute atomic E-state index is 0.0439. The lowest BCUT2D eigenvalue weighted by molar-refractivity contribution is -0.139. The molecule has 1 N–H and O–H groups in total. The van der Waals surface area contributed by atoms with E-state index in [2.05, 4.69) is 0 Å². The molecule has 0 unspecified atom stereocenters. The molecule has 1 saturated heterocycles. The summed E-state index contributed by atoms with van der Waals surface area (Å²) >= 11 is 0. The molecule has 0 aromatic heterocycles. The van der Waals surface area contributed by atoms with Gasteiger partial charge >= 0.3 is 0 Å². The summed E-state index contributed by atoms with van der Waals surface area (Å²) in [6.45, 7) is 3.73. The monoisotopic (exact) mass is 499 g/mol. The number of ketones is 1. The van der Waals surface area contributed by atoms with E-state index in [-0.39, 0.29) is 11.3 Å². The Labute approximate surface area is 215 Å². The van der Waals surface area contributed by atoms with Crippen LogP contribution in [0.15, 0.2) is 78.4 Å². The Kier molecular flexibility index (Phi) is 7.12. The third-order valence-electron chi connectivity index (χ3n) is 6.49.